The van der Waals surface area contributed by atoms with E-state index in [1.807, 2.05) is 39.8 Å². The van der Waals surface area contributed by atoms with E-state index in [-0.39, 0.29) is 6.04 Å². The average Bonchev–Trinajstić information content (AvgIpc) is 3.46. The van der Waals surface area contributed by atoms with Crippen LogP contribution in [0.3, 0.4) is 0 Å². The summed E-state index contributed by atoms with van der Waals surface area (Å²) in [5.74, 6) is -0.385. The molecule has 40 heavy (non-hydrogen) atoms. The first-order valence-electron chi connectivity index (χ1n) is 14.8. The molecule has 4 heterocycles. The number of hydrogen-bond donors (Lipinski definition) is 1. The van der Waals surface area contributed by atoms with E-state index in [1.165, 1.54) is 12.1 Å². The number of nitrogens with zero attached hydrogens (tertiary/aromatic N) is 5. The molecule has 0 aliphatic carbocycles. The van der Waals surface area contributed by atoms with Gasteiger partial charge in [-0.05, 0) is 62.2 Å². The van der Waals surface area contributed by atoms with E-state index in [9.17, 15) is 13.9 Å². The van der Waals surface area contributed by atoms with Gasteiger partial charge in [0.2, 0.25) is 0 Å². The number of halogens is 2. The molecule has 1 aromatic heterocycles. The number of aromatic nitrogens is 2. The van der Waals surface area contributed by atoms with Crippen LogP contribution in [0.25, 0.3) is 11.0 Å². The normalized spacial score (nSPS) is 19.8. The van der Waals surface area contributed by atoms with Crippen LogP contribution >= 0.6 is 0 Å². The lowest BCUT2D eigenvalue weighted by atomic mass is 9.96. The van der Waals surface area contributed by atoms with E-state index in [0.29, 0.717) is 32.0 Å². The summed E-state index contributed by atoms with van der Waals surface area (Å²) < 4.78 is 33.7. The Labute approximate surface area is 236 Å². The van der Waals surface area contributed by atoms with Crippen LogP contribution in [0.5, 0.6) is 0 Å². The van der Waals surface area contributed by atoms with Crippen molar-refractivity contribution in [2.75, 3.05) is 62.3 Å². The number of hydrogen-bond acceptors (Lipinski definition) is 7. The van der Waals surface area contributed by atoms with Crippen LogP contribution in [-0.2, 0) is 4.74 Å². The molecule has 0 bridgehead atoms. The molecule has 0 amide bonds. The Balaban J connectivity index is 0.000000886. The van der Waals surface area contributed by atoms with Gasteiger partial charge in [-0.25, -0.2) is 13.8 Å². The topological polar surface area (TPSA) is 65.0 Å². The largest absolute Gasteiger partial charge is 0.387 e. The number of ether oxygens (including phenoxy) is 1. The summed E-state index contributed by atoms with van der Waals surface area (Å²) in [5, 5.41) is 11.1. The minimum Gasteiger partial charge on any atom is -0.387 e. The number of benzene rings is 2. The maximum absolute atomic E-state index is 14.1. The summed E-state index contributed by atoms with van der Waals surface area (Å²) in [7, 11) is 0. The van der Waals surface area contributed by atoms with Crippen LogP contribution in [-0.4, -0.2) is 72.5 Å². The molecule has 0 radical (unpaired) electrons. The van der Waals surface area contributed by atoms with Crippen molar-refractivity contribution in [3.05, 3.63) is 59.3 Å². The molecular weight excluding hydrogens is 512 g/mol. The van der Waals surface area contributed by atoms with Gasteiger partial charge in [-0.2, -0.15) is 0 Å². The molecule has 3 fully saturated rings. The molecule has 0 saturated carbocycles. The van der Waals surface area contributed by atoms with Gasteiger partial charge in [0.25, 0.3) is 0 Å². The first-order valence-corrected chi connectivity index (χ1v) is 14.8. The number of aliphatic hydroxyl groups is 1. The Kier molecular flexibility index (Phi) is 10.6. The molecule has 3 aliphatic heterocycles. The Morgan fingerprint density at radius 2 is 1.62 bits per heavy atom. The van der Waals surface area contributed by atoms with Gasteiger partial charge >= 0.3 is 0 Å². The Morgan fingerprint density at radius 1 is 0.925 bits per heavy atom. The Hall–Kier alpha value is -2.88. The second-order valence-corrected chi connectivity index (χ2v) is 9.95. The zero-order valence-electron chi connectivity index (χ0n) is 24.2. The van der Waals surface area contributed by atoms with Crippen LogP contribution in [0, 0.1) is 11.6 Å². The predicted molar refractivity (Wildman–Crippen MR) is 157 cm³/mol. The number of rotatable bonds is 6. The van der Waals surface area contributed by atoms with Crippen molar-refractivity contribution in [1.29, 1.82) is 0 Å². The predicted octanol–water partition coefficient (Wildman–Crippen LogP) is 5.88. The highest BCUT2D eigenvalue weighted by Gasteiger charge is 2.31. The van der Waals surface area contributed by atoms with Gasteiger partial charge < -0.3 is 24.5 Å². The fourth-order valence-corrected chi connectivity index (χ4v) is 5.56. The fraction of sp³-hybridized carbons (Fsp3) is 0.548. The fourth-order valence-electron chi connectivity index (χ4n) is 5.56. The summed E-state index contributed by atoms with van der Waals surface area (Å²) in [6.45, 7) is 14.1. The maximum Gasteiger partial charge on any atom is 0.148 e. The lowest BCUT2D eigenvalue weighted by molar-refractivity contribution is 0.0788. The molecule has 7 nitrogen and oxygen atoms in total. The first kappa shape index (κ1) is 30.1. The molecule has 6 rings (SSSR count). The molecule has 1 N–H and O–H groups in total. The van der Waals surface area contributed by atoms with E-state index in [1.54, 1.807) is 6.20 Å². The molecule has 2 atom stereocenters. The van der Waals surface area contributed by atoms with Gasteiger partial charge in [0.15, 0.2) is 0 Å². The van der Waals surface area contributed by atoms with Crippen LogP contribution in [0.1, 0.15) is 70.2 Å². The average molecular weight is 556 g/mol. The zero-order chi connectivity index (χ0) is 28.6. The van der Waals surface area contributed by atoms with Gasteiger partial charge in [0.05, 0.1) is 42.6 Å². The van der Waals surface area contributed by atoms with Crippen molar-refractivity contribution in [3.8, 4) is 0 Å². The van der Waals surface area contributed by atoms with E-state index in [4.69, 9.17) is 14.7 Å². The molecule has 0 spiro atoms. The standard InChI is InChI=1S/C27H31F2N5O2.2C2H6/c28-19-13-20(29)15-21(14-19)34-6-1-3-24(34)22-11-18(25(35)17-32-4-2-5-32)12-23-27(22)31-26(16-30-23)33-7-9-36-10-8-33;2*1-2/h11-16,24-25,35H,1-10,17H2;2*1-2H3. The zero-order valence-corrected chi connectivity index (χ0v) is 24.2. The van der Waals surface area contributed by atoms with Crippen molar-refractivity contribution in [2.45, 2.75) is 59.1 Å². The van der Waals surface area contributed by atoms with Gasteiger partial charge in [-0.1, -0.05) is 27.7 Å². The first-order chi connectivity index (χ1) is 19.5. The van der Waals surface area contributed by atoms with Crippen LogP contribution in [0.2, 0.25) is 0 Å². The minimum absolute atomic E-state index is 0.126. The van der Waals surface area contributed by atoms with E-state index in [0.717, 1.165) is 79.5 Å². The smallest absolute Gasteiger partial charge is 0.148 e. The number of aliphatic hydroxyl groups excluding tert-OH is 1. The molecule has 3 aromatic rings. The third-order valence-corrected chi connectivity index (χ3v) is 7.58. The SMILES string of the molecule is CC.CC.OC(CN1CCC1)c1cc(C2CCCN2c2cc(F)cc(F)c2)c2nc(N3CCOCC3)cnc2c1. The second-order valence-electron chi connectivity index (χ2n) is 9.95. The number of fused-ring (bicyclic) bond motifs is 1. The highest BCUT2D eigenvalue weighted by Crippen LogP contribution is 2.40. The summed E-state index contributed by atoms with van der Waals surface area (Å²) in [6.07, 6.45) is 4.02. The summed E-state index contributed by atoms with van der Waals surface area (Å²) in [4.78, 5) is 16.3. The van der Waals surface area contributed by atoms with Crippen LogP contribution in [0.15, 0.2) is 36.5 Å². The van der Waals surface area contributed by atoms with Gasteiger partial charge in [0, 0.05) is 43.5 Å². The van der Waals surface area contributed by atoms with E-state index in [2.05, 4.69) is 14.7 Å². The molecule has 9 heteroatoms. The van der Waals surface area contributed by atoms with Gasteiger partial charge in [0.1, 0.15) is 17.5 Å². The van der Waals surface area contributed by atoms with Crippen molar-refractivity contribution in [2.24, 2.45) is 0 Å². The highest BCUT2D eigenvalue weighted by molar-refractivity contribution is 5.82. The number of anilines is 2. The highest BCUT2D eigenvalue weighted by atomic mass is 19.1. The third kappa shape index (κ3) is 6.70. The quantitative estimate of drug-likeness (QED) is 0.408. The Morgan fingerprint density at radius 3 is 2.27 bits per heavy atom. The number of β-amino-alcohol motifs (C(OH)–C–C–N with tert-alkyl or cyclic N) is 1. The van der Waals surface area contributed by atoms with Gasteiger partial charge in [-0.15, -0.1) is 0 Å². The lowest BCUT2D eigenvalue weighted by Crippen LogP contribution is -2.39. The maximum atomic E-state index is 14.1. The van der Waals surface area contributed by atoms with Crippen LogP contribution < -0.4 is 9.80 Å². The summed E-state index contributed by atoms with van der Waals surface area (Å²) in [5.41, 5.74) is 3.75. The molecule has 218 valence electrons. The monoisotopic (exact) mass is 555 g/mol. The van der Waals surface area contributed by atoms with Crippen molar-refractivity contribution in [1.82, 2.24) is 14.9 Å². The van der Waals surface area contributed by atoms with E-state index < -0.39 is 17.7 Å². The number of likely N-dealkylation sites (tertiary alicyclic amines) is 1. The van der Waals surface area contributed by atoms with Crippen molar-refractivity contribution in [3.63, 3.8) is 0 Å². The number of morpholine rings is 1. The minimum atomic E-state index is -0.643. The van der Waals surface area contributed by atoms with E-state index >= 15 is 0 Å². The molecular formula is C31H43F2N5O2. The molecule has 3 aliphatic rings. The molecule has 2 aromatic carbocycles. The molecule has 2 unspecified atom stereocenters. The Bertz CT molecular complexity index is 1230. The van der Waals surface area contributed by atoms with Crippen molar-refractivity contribution < 1.29 is 18.6 Å². The summed E-state index contributed by atoms with van der Waals surface area (Å²) in [6, 6.07) is 7.51. The van der Waals surface area contributed by atoms with Crippen molar-refractivity contribution >= 4 is 22.5 Å². The van der Waals surface area contributed by atoms with Gasteiger partial charge in [-0.3, -0.25) is 4.98 Å². The lowest BCUT2D eigenvalue weighted by Gasteiger charge is -2.33. The molecule has 3 saturated heterocycles. The van der Waals surface area contributed by atoms with Crippen LogP contribution in [0.4, 0.5) is 20.3 Å². The third-order valence-electron chi connectivity index (χ3n) is 7.58. The second kappa shape index (κ2) is 14.1. The summed E-state index contributed by atoms with van der Waals surface area (Å²) >= 11 is 0.